The topological polar surface area (TPSA) is 76.2 Å². The van der Waals surface area contributed by atoms with E-state index in [1.165, 1.54) is 9.80 Å². The lowest BCUT2D eigenvalue weighted by atomic mass is 9.98. The zero-order chi connectivity index (χ0) is 22.0. The van der Waals surface area contributed by atoms with Gasteiger partial charge in [0.2, 0.25) is 5.91 Å². The van der Waals surface area contributed by atoms with Crippen LogP contribution in [0.4, 0.5) is 4.79 Å². The SMILES string of the molecule is CCCCOC(=O)C(C(C)C)N(C)C(=O)C(C(C)C)N(C)C(=O)OCC(C)C. The first-order valence-electron chi connectivity index (χ1n) is 10.3. The number of esters is 1. The number of amides is 2. The molecule has 0 radical (unpaired) electrons. The Morgan fingerprint density at radius 1 is 0.821 bits per heavy atom. The highest BCUT2D eigenvalue weighted by Crippen LogP contribution is 2.19. The van der Waals surface area contributed by atoms with Gasteiger partial charge in [-0.3, -0.25) is 9.69 Å². The van der Waals surface area contributed by atoms with Crippen molar-refractivity contribution < 1.29 is 23.9 Å². The summed E-state index contributed by atoms with van der Waals surface area (Å²) in [6.45, 7) is 14.0. The third-order valence-electron chi connectivity index (χ3n) is 4.51. The number of unbranched alkanes of at least 4 members (excludes halogenated alkanes) is 1. The Labute approximate surface area is 170 Å². The van der Waals surface area contributed by atoms with Gasteiger partial charge < -0.3 is 14.4 Å². The third kappa shape index (κ3) is 8.07. The Balaban J connectivity index is 5.38. The second-order valence-electron chi connectivity index (χ2n) is 8.43. The molecular weight excluding hydrogens is 360 g/mol. The van der Waals surface area contributed by atoms with Crippen LogP contribution in [0.15, 0.2) is 0 Å². The average Bonchev–Trinajstić information content (AvgIpc) is 2.59. The summed E-state index contributed by atoms with van der Waals surface area (Å²) in [6, 6.07) is -1.43. The Kier molecular flexibility index (Phi) is 11.8. The van der Waals surface area contributed by atoms with Crippen LogP contribution in [0.3, 0.4) is 0 Å². The standard InChI is InChI=1S/C21H40N2O5/c1-10-11-12-27-20(25)18(16(6)7)22(8)19(24)17(15(4)5)23(9)21(26)28-13-14(2)3/h14-18H,10-13H2,1-9H3. The molecule has 7 nitrogen and oxygen atoms in total. The summed E-state index contributed by atoms with van der Waals surface area (Å²) in [5, 5.41) is 0. The zero-order valence-electron chi connectivity index (χ0n) is 19.2. The molecule has 0 aliphatic heterocycles. The molecule has 0 saturated heterocycles. The first-order chi connectivity index (χ1) is 12.9. The van der Waals surface area contributed by atoms with E-state index in [0.717, 1.165) is 12.8 Å². The molecule has 0 fully saturated rings. The van der Waals surface area contributed by atoms with Crippen molar-refractivity contribution in [3.05, 3.63) is 0 Å². The number of rotatable bonds is 11. The van der Waals surface area contributed by atoms with Gasteiger partial charge in [-0.25, -0.2) is 9.59 Å². The Hall–Kier alpha value is -1.79. The highest BCUT2D eigenvalue weighted by atomic mass is 16.6. The minimum atomic E-state index is -0.727. The molecule has 28 heavy (non-hydrogen) atoms. The fourth-order valence-electron chi connectivity index (χ4n) is 2.98. The molecule has 0 bridgehead atoms. The molecule has 0 heterocycles. The summed E-state index contributed by atoms with van der Waals surface area (Å²) in [5.74, 6) is -0.766. The lowest BCUT2D eigenvalue weighted by molar-refractivity contribution is -0.158. The zero-order valence-corrected chi connectivity index (χ0v) is 19.2. The molecule has 0 saturated carbocycles. The molecule has 0 aliphatic carbocycles. The minimum Gasteiger partial charge on any atom is -0.464 e. The van der Waals surface area contributed by atoms with Crippen molar-refractivity contribution in [1.29, 1.82) is 0 Å². The first kappa shape index (κ1) is 26.2. The van der Waals surface area contributed by atoms with Gasteiger partial charge in [0.25, 0.3) is 0 Å². The molecule has 0 aromatic carbocycles. The van der Waals surface area contributed by atoms with Crippen LogP contribution in [-0.2, 0) is 19.1 Å². The van der Waals surface area contributed by atoms with E-state index < -0.39 is 24.1 Å². The van der Waals surface area contributed by atoms with Crippen LogP contribution in [0.5, 0.6) is 0 Å². The number of nitrogens with zero attached hydrogens (tertiary/aromatic N) is 2. The summed E-state index contributed by atoms with van der Waals surface area (Å²) < 4.78 is 10.6. The van der Waals surface area contributed by atoms with Crippen molar-refractivity contribution in [2.45, 2.75) is 73.4 Å². The maximum atomic E-state index is 13.2. The smallest absolute Gasteiger partial charge is 0.410 e. The van der Waals surface area contributed by atoms with Gasteiger partial charge in [-0.05, 0) is 24.2 Å². The molecule has 0 rings (SSSR count). The molecule has 0 aromatic heterocycles. The van der Waals surface area contributed by atoms with E-state index in [2.05, 4.69) is 0 Å². The van der Waals surface area contributed by atoms with Gasteiger partial charge in [0.05, 0.1) is 13.2 Å². The average molecular weight is 401 g/mol. The van der Waals surface area contributed by atoms with Crippen LogP contribution >= 0.6 is 0 Å². The number of carbonyl (C=O) groups excluding carboxylic acids is 3. The van der Waals surface area contributed by atoms with Crippen molar-refractivity contribution in [3.63, 3.8) is 0 Å². The fraction of sp³-hybridized carbons (Fsp3) is 0.857. The van der Waals surface area contributed by atoms with Crippen molar-refractivity contribution in [1.82, 2.24) is 9.80 Å². The van der Waals surface area contributed by atoms with Gasteiger partial charge in [-0.1, -0.05) is 54.9 Å². The van der Waals surface area contributed by atoms with Gasteiger partial charge >= 0.3 is 12.1 Å². The Bertz CT molecular complexity index is 505. The molecule has 0 aromatic rings. The number of hydrogen-bond donors (Lipinski definition) is 0. The number of hydrogen-bond acceptors (Lipinski definition) is 5. The molecule has 2 atom stereocenters. The normalized spacial score (nSPS) is 13.4. The van der Waals surface area contributed by atoms with E-state index in [4.69, 9.17) is 9.47 Å². The van der Waals surface area contributed by atoms with E-state index in [0.29, 0.717) is 6.61 Å². The molecule has 164 valence electrons. The van der Waals surface area contributed by atoms with E-state index in [1.807, 2.05) is 48.5 Å². The maximum absolute atomic E-state index is 13.2. The lowest BCUT2D eigenvalue weighted by Crippen LogP contribution is -2.56. The number of ether oxygens (including phenoxy) is 2. The van der Waals surface area contributed by atoms with Crippen LogP contribution in [0.25, 0.3) is 0 Å². The van der Waals surface area contributed by atoms with Gasteiger partial charge in [0.1, 0.15) is 12.1 Å². The van der Waals surface area contributed by atoms with Gasteiger partial charge in [-0.2, -0.15) is 0 Å². The van der Waals surface area contributed by atoms with Crippen LogP contribution in [0.2, 0.25) is 0 Å². The summed E-state index contributed by atoms with van der Waals surface area (Å²) in [4.78, 5) is 40.9. The third-order valence-corrected chi connectivity index (χ3v) is 4.51. The predicted molar refractivity (Wildman–Crippen MR) is 110 cm³/mol. The van der Waals surface area contributed by atoms with Crippen molar-refractivity contribution in [3.8, 4) is 0 Å². The summed E-state index contributed by atoms with van der Waals surface area (Å²) in [5.41, 5.74) is 0. The van der Waals surface area contributed by atoms with Gasteiger partial charge in [-0.15, -0.1) is 0 Å². The maximum Gasteiger partial charge on any atom is 0.410 e. The summed E-state index contributed by atoms with van der Waals surface area (Å²) in [7, 11) is 3.15. The molecule has 0 spiro atoms. The quantitative estimate of drug-likeness (QED) is 0.391. The summed E-state index contributed by atoms with van der Waals surface area (Å²) >= 11 is 0. The van der Waals surface area contributed by atoms with Crippen LogP contribution < -0.4 is 0 Å². The van der Waals surface area contributed by atoms with E-state index in [1.54, 1.807) is 14.1 Å². The van der Waals surface area contributed by atoms with Crippen molar-refractivity contribution in [2.24, 2.45) is 17.8 Å². The van der Waals surface area contributed by atoms with E-state index in [-0.39, 0.29) is 30.3 Å². The highest BCUT2D eigenvalue weighted by molar-refractivity contribution is 5.89. The Morgan fingerprint density at radius 3 is 1.79 bits per heavy atom. The second-order valence-corrected chi connectivity index (χ2v) is 8.43. The van der Waals surface area contributed by atoms with Crippen LogP contribution in [0, 0.1) is 17.8 Å². The van der Waals surface area contributed by atoms with Crippen LogP contribution in [0.1, 0.15) is 61.3 Å². The fourth-order valence-corrected chi connectivity index (χ4v) is 2.98. The van der Waals surface area contributed by atoms with Gasteiger partial charge in [0.15, 0.2) is 0 Å². The van der Waals surface area contributed by atoms with Gasteiger partial charge in [0, 0.05) is 14.1 Å². The lowest BCUT2D eigenvalue weighted by Gasteiger charge is -2.36. The van der Waals surface area contributed by atoms with Crippen molar-refractivity contribution in [2.75, 3.05) is 27.3 Å². The first-order valence-corrected chi connectivity index (χ1v) is 10.3. The molecule has 7 heteroatoms. The highest BCUT2D eigenvalue weighted by Gasteiger charge is 2.38. The number of carbonyl (C=O) groups is 3. The minimum absolute atomic E-state index is 0.117. The van der Waals surface area contributed by atoms with Crippen molar-refractivity contribution >= 4 is 18.0 Å². The molecule has 0 N–H and O–H groups in total. The molecular formula is C21H40N2O5. The number of likely N-dealkylation sites (N-methyl/N-ethyl adjacent to an activating group) is 2. The second kappa shape index (κ2) is 12.6. The molecule has 0 aliphatic rings. The van der Waals surface area contributed by atoms with E-state index in [9.17, 15) is 14.4 Å². The summed E-state index contributed by atoms with van der Waals surface area (Å²) in [6.07, 6.45) is 1.17. The largest absolute Gasteiger partial charge is 0.464 e. The predicted octanol–water partition coefficient (Wildman–Crippen LogP) is 3.56. The van der Waals surface area contributed by atoms with Crippen LogP contribution in [-0.4, -0.2) is 67.2 Å². The van der Waals surface area contributed by atoms with E-state index >= 15 is 0 Å². The molecule has 2 amide bonds. The Morgan fingerprint density at radius 2 is 1.36 bits per heavy atom. The molecule has 2 unspecified atom stereocenters. The monoisotopic (exact) mass is 400 g/mol.